The lowest BCUT2D eigenvalue weighted by Crippen LogP contribution is -2.47. The second-order valence-corrected chi connectivity index (χ2v) is 4.65. The number of anilines is 2. The van der Waals surface area contributed by atoms with Gasteiger partial charge >= 0.3 is 0 Å². The molecule has 0 aromatic carbocycles. The summed E-state index contributed by atoms with van der Waals surface area (Å²) in [4.78, 5) is 20.6. The number of rotatable bonds is 2. The average molecular weight is 292 g/mol. The largest absolute Gasteiger partial charge is 0.351 e. The van der Waals surface area contributed by atoms with Crippen LogP contribution in [0, 0.1) is 22.7 Å². The van der Waals surface area contributed by atoms with Gasteiger partial charge in [0.05, 0.1) is 0 Å². The molecule has 0 bridgehead atoms. The van der Waals surface area contributed by atoms with E-state index < -0.39 is 0 Å². The molecule has 8 nitrogen and oxygen atoms in total. The summed E-state index contributed by atoms with van der Waals surface area (Å²) in [7, 11) is 0. The Bertz CT molecular complexity index is 686. The summed E-state index contributed by atoms with van der Waals surface area (Å²) < 4.78 is 0. The third kappa shape index (κ3) is 2.50. The molecule has 108 valence electrons. The van der Waals surface area contributed by atoms with E-state index in [0.717, 1.165) is 0 Å². The van der Waals surface area contributed by atoms with Crippen molar-refractivity contribution in [1.29, 1.82) is 10.5 Å². The van der Waals surface area contributed by atoms with E-state index in [-0.39, 0.29) is 0 Å². The first-order chi connectivity index (χ1) is 10.8. The number of nitrogens with zero attached hydrogens (tertiary/aromatic N) is 8. The molecule has 1 saturated heterocycles. The maximum absolute atomic E-state index is 9.10. The molecule has 1 aliphatic rings. The van der Waals surface area contributed by atoms with Crippen molar-refractivity contribution in [3.63, 3.8) is 0 Å². The minimum Gasteiger partial charge on any atom is -0.351 e. The molecule has 0 N–H and O–H groups in total. The zero-order valence-corrected chi connectivity index (χ0v) is 11.7. The van der Waals surface area contributed by atoms with E-state index in [2.05, 4.69) is 32.1 Å². The zero-order chi connectivity index (χ0) is 15.4. The van der Waals surface area contributed by atoms with E-state index >= 15 is 0 Å². The molecule has 0 amide bonds. The summed E-state index contributed by atoms with van der Waals surface area (Å²) in [5.74, 6) is 1.20. The van der Waals surface area contributed by atoms with Gasteiger partial charge < -0.3 is 9.80 Å². The van der Waals surface area contributed by atoms with Gasteiger partial charge in [-0.15, -0.1) is 0 Å². The lowest BCUT2D eigenvalue weighted by atomic mass is 10.2. The highest BCUT2D eigenvalue weighted by molar-refractivity contribution is 5.54. The number of piperazine rings is 1. The Morgan fingerprint density at radius 3 is 1.41 bits per heavy atom. The fourth-order valence-electron chi connectivity index (χ4n) is 2.41. The maximum atomic E-state index is 9.10. The molecular weight excluding hydrogens is 280 g/mol. The van der Waals surface area contributed by atoms with Crippen molar-refractivity contribution in [2.24, 2.45) is 0 Å². The van der Waals surface area contributed by atoms with Crippen LogP contribution in [0.5, 0.6) is 0 Å². The first kappa shape index (κ1) is 13.7. The molecule has 0 atom stereocenters. The fraction of sp³-hybridized carbons (Fsp3) is 0.286. The minimum atomic E-state index is 0.327. The second-order valence-electron chi connectivity index (χ2n) is 4.65. The van der Waals surface area contributed by atoms with Gasteiger partial charge in [-0.05, 0) is 0 Å². The lowest BCUT2D eigenvalue weighted by molar-refractivity contribution is 0.638. The molecule has 1 aliphatic heterocycles. The first-order valence-corrected chi connectivity index (χ1v) is 6.75. The molecule has 0 saturated carbocycles. The van der Waals surface area contributed by atoms with Crippen molar-refractivity contribution in [1.82, 2.24) is 19.9 Å². The van der Waals surface area contributed by atoms with Gasteiger partial charge in [-0.25, -0.2) is 19.9 Å². The third-order valence-electron chi connectivity index (χ3n) is 3.45. The first-order valence-electron chi connectivity index (χ1n) is 6.75. The lowest BCUT2D eigenvalue weighted by Gasteiger charge is -2.36. The summed E-state index contributed by atoms with van der Waals surface area (Å²) in [6.07, 6.45) is 6.19. The number of hydrogen-bond acceptors (Lipinski definition) is 8. The van der Waals surface area contributed by atoms with Crippen molar-refractivity contribution in [3.05, 3.63) is 36.2 Å². The zero-order valence-electron chi connectivity index (χ0n) is 11.7. The number of hydrogen-bond donors (Lipinski definition) is 0. The Balaban J connectivity index is 1.76. The van der Waals surface area contributed by atoms with Crippen LogP contribution in [-0.4, -0.2) is 46.1 Å². The van der Waals surface area contributed by atoms with Crippen molar-refractivity contribution in [2.75, 3.05) is 36.0 Å². The van der Waals surface area contributed by atoms with E-state index in [9.17, 15) is 0 Å². The molecule has 0 radical (unpaired) electrons. The maximum Gasteiger partial charge on any atom is 0.183 e. The average Bonchev–Trinajstić information content (AvgIpc) is 2.62. The van der Waals surface area contributed by atoms with Crippen molar-refractivity contribution in [3.8, 4) is 12.1 Å². The number of aromatic nitrogens is 4. The van der Waals surface area contributed by atoms with Gasteiger partial charge in [0.25, 0.3) is 0 Å². The molecule has 2 aromatic rings. The summed E-state index contributed by atoms with van der Waals surface area (Å²) in [6, 6.07) is 4.12. The fourth-order valence-corrected chi connectivity index (χ4v) is 2.41. The minimum absolute atomic E-state index is 0.327. The quantitative estimate of drug-likeness (QED) is 0.780. The van der Waals surface area contributed by atoms with E-state index in [1.54, 1.807) is 12.4 Å². The molecule has 2 aromatic heterocycles. The van der Waals surface area contributed by atoms with Crippen LogP contribution in [0.4, 0.5) is 11.6 Å². The van der Waals surface area contributed by atoms with Crippen LogP contribution in [0.1, 0.15) is 11.4 Å². The van der Waals surface area contributed by atoms with Crippen LogP contribution < -0.4 is 9.80 Å². The Morgan fingerprint density at radius 1 is 0.682 bits per heavy atom. The van der Waals surface area contributed by atoms with Crippen LogP contribution in [0.15, 0.2) is 24.8 Å². The van der Waals surface area contributed by atoms with Crippen molar-refractivity contribution in [2.45, 2.75) is 0 Å². The van der Waals surface area contributed by atoms with Crippen molar-refractivity contribution < 1.29 is 0 Å². The monoisotopic (exact) mass is 292 g/mol. The van der Waals surface area contributed by atoms with Crippen LogP contribution in [0.25, 0.3) is 0 Å². The third-order valence-corrected chi connectivity index (χ3v) is 3.45. The molecular formula is C14H12N8. The van der Waals surface area contributed by atoms with Gasteiger partial charge in [-0.2, -0.15) is 10.5 Å². The van der Waals surface area contributed by atoms with Gasteiger partial charge in [-0.1, -0.05) is 0 Å². The van der Waals surface area contributed by atoms with E-state index in [4.69, 9.17) is 10.5 Å². The molecule has 0 spiro atoms. The summed E-state index contributed by atoms with van der Waals surface area (Å²) in [5.41, 5.74) is 0.654. The van der Waals surface area contributed by atoms with Crippen molar-refractivity contribution >= 4 is 11.6 Å². The highest BCUT2D eigenvalue weighted by atomic mass is 15.3. The van der Waals surface area contributed by atoms with E-state index in [1.165, 1.54) is 12.4 Å². The standard InChI is InChI=1S/C14H12N8/c15-9-11-13(19-3-1-17-11)21-5-7-22(8-6-21)14-12(10-16)18-2-4-20-14/h1-4H,5-8H2. The molecule has 3 heterocycles. The molecule has 3 rings (SSSR count). The topological polar surface area (TPSA) is 106 Å². The SMILES string of the molecule is N#Cc1nccnc1N1CCN(c2nccnc2C#N)CC1. The second kappa shape index (κ2) is 6.02. The van der Waals surface area contributed by atoms with Crippen LogP contribution in [0.2, 0.25) is 0 Å². The predicted molar refractivity (Wildman–Crippen MR) is 77.9 cm³/mol. The van der Waals surface area contributed by atoms with Crippen LogP contribution in [0.3, 0.4) is 0 Å². The molecule has 0 unspecified atom stereocenters. The highest BCUT2D eigenvalue weighted by Gasteiger charge is 2.23. The molecule has 1 fully saturated rings. The van der Waals surface area contributed by atoms with Gasteiger partial charge in [0.1, 0.15) is 12.1 Å². The molecule has 22 heavy (non-hydrogen) atoms. The van der Waals surface area contributed by atoms with Gasteiger partial charge in [0.2, 0.25) is 0 Å². The molecule has 8 heteroatoms. The summed E-state index contributed by atoms with van der Waals surface area (Å²) >= 11 is 0. The number of nitriles is 2. The molecule has 0 aliphatic carbocycles. The Morgan fingerprint density at radius 2 is 1.05 bits per heavy atom. The highest BCUT2D eigenvalue weighted by Crippen LogP contribution is 2.20. The van der Waals surface area contributed by atoms with Gasteiger partial charge in [0, 0.05) is 51.0 Å². The van der Waals surface area contributed by atoms with Gasteiger partial charge in [-0.3, -0.25) is 0 Å². The van der Waals surface area contributed by atoms with E-state index in [0.29, 0.717) is 49.2 Å². The normalized spacial score (nSPS) is 14.3. The summed E-state index contributed by atoms with van der Waals surface area (Å²) in [5, 5.41) is 18.2. The van der Waals surface area contributed by atoms with Crippen LogP contribution in [-0.2, 0) is 0 Å². The van der Waals surface area contributed by atoms with Gasteiger partial charge in [0.15, 0.2) is 23.0 Å². The van der Waals surface area contributed by atoms with Crippen LogP contribution >= 0.6 is 0 Å². The predicted octanol–water partition coefficient (Wildman–Crippen LogP) is 0.337. The van der Waals surface area contributed by atoms with E-state index in [1.807, 2.05) is 9.80 Å². The summed E-state index contributed by atoms with van der Waals surface area (Å²) in [6.45, 7) is 2.70. The Kier molecular flexibility index (Phi) is 3.75. The Labute approximate surface area is 127 Å². The smallest absolute Gasteiger partial charge is 0.183 e. The Hall–Kier alpha value is -3.26.